The molecule has 1 atom stereocenters. The molecule has 3 N–H and O–H groups in total. The molecule has 0 bridgehead atoms. The Bertz CT molecular complexity index is 467. The second-order valence-electron chi connectivity index (χ2n) is 4.16. The molecule has 0 amide bonds. The molecule has 0 saturated carbocycles. The first-order valence-electron chi connectivity index (χ1n) is 5.55. The van der Waals surface area contributed by atoms with Crippen molar-refractivity contribution < 1.29 is 8.42 Å². The minimum atomic E-state index is -2.98. The number of aryl methyl sites for hydroxylation is 2. The fourth-order valence-corrected chi connectivity index (χ4v) is 2.41. The number of nitrogens with zero attached hydrogens (tertiary/aromatic N) is 2. The third kappa shape index (κ3) is 4.10. The van der Waals surface area contributed by atoms with Gasteiger partial charge in [0.2, 0.25) is 0 Å². The number of aromatic nitrogens is 2. The quantitative estimate of drug-likeness (QED) is 0.561. The number of nitrogens with one attached hydrogen (secondary N) is 1. The minimum Gasteiger partial charge on any atom is -0.271 e. The predicted molar refractivity (Wildman–Crippen MR) is 67.0 cm³/mol. The first-order valence-corrected chi connectivity index (χ1v) is 7.61. The van der Waals surface area contributed by atoms with Crippen LogP contribution in [0, 0.1) is 6.92 Å². The van der Waals surface area contributed by atoms with Crippen molar-refractivity contribution in [1.82, 2.24) is 15.2 Å². The van der Waals surface area contributed by atoms with E-state index in [0.29, 0.717) is 6.42 Å². The Morgan fingerprint density at radius 2 is 2.24 bits per heavy atom. The molecule has 0 aliphatic heterocycles. The van der Waals surface area contributed by atoms with Gasteiger partial charge in [-0.1, -0.05) is 0 Å². The van der Waals surface area contributed by atoms with Gasteiger partial charge in [-0.2, -0.15) is 5.10 Å². The molecule has 0 aromatic carbocycles. The summed E-state index contributed by atoms with van der Waals surface area (Å²) in [6, 6.07) is 1.74. The van der Waals surface area contributed by atoms with Crippen LogP contribution in [0.4, 0.5) is 0 Å². The maximum absolute atomic E-state index is 11.2. The van der Waals surface area contributed by atoms with E-state index in [4.69, 9.17) is 5.84 Å². The van der Waals surface area contributed by atoms with Gasteiger partial charge in [0.05, 0.1) is 23.2 Å². The van der Waals surface area contributed by atoms with E-state index < -0.39 is 9.84 Å². The van der Waals surface area contributed by atoms with Crippen LogP contribution < -0.4 is 11.3 Å². The molecular formula is C10H20N4O2S. The summed E-state index contributed by atoms with van der Waals surface area (Å²) in [6.45, 7) is 4.63. The maximum Gasteiger partial charge on any atom is 0.147 e. The van der Waals surface area contributed by atoms with Crippen molar-refractivity contribution >= 4 is 9.84 Å². The van der Waals surface area contributed by atoms with E-state index in [2.05, 4.69) is 10.5 Å². The number of hydrazine groups is 1. The zero-order chi connectivity index (χ0) is 13.1. The fraction of sp³-hybridized carbons (Fsp3) is 0.700. The van der Waals surface area contributed by atoms with E-state index >= 15 is 0 Å². The third-order valence-corrected chi connectivity index (χ3v) is 3.55. The van der Waals surface area contributed by atoms with Crippen LogP contribution >= 0.6 is 0 Å². The number of sulfone groups is 1. The predicted octanol–water partition coefficient (Wildman–Crippen LogP) is 0.151. The molecule has 1 aromatic rings. The summed E-state index contributed by atoms with van der Waals surface area (Å²) in [6.07, 6.45) is 1.67. The van der Waals surface area contributed by atoms with Crippen molar-refractivity contribution in [2.45, 2.75) is 32.9 Å². The van der Waals surface area contributed by atoms with Crippen LogP contribution in [-0.4, -0.2) is 30.2 Å². The minimum absolute atomic E-state index is 0.107. The summed E-state index contributed by atoms with van der Waals surface area (Å²) in [7, 11) is -2.98. The van der Waals surface area contributed by atoms with Gasteiger partial charge < -0.3 is 0 Å². The van der Waals surface area contributed by atoms with Gasteiger partial charge in [0.1, 0.15) is 9.84 Å². The Morgan fingerprint density at radius 3 is 2.71 bits per heavy atom. The van der Waals surface area contributed by atoms with Gasteiger partial charge in [0.25, 0.3) is 0 Å². The van der Waals surface area contributed by atoms with Crippen LogP contribution in [0.25, 0.3) is 0 Å². The summed E-state index contributed by atoms with van der Waals surface area (Å²) in [4.78, 5) is 0. The van der Waals surface area contributed by atoms with E-state index in [-0.39, 0.29) is 11.8 Å². The highest BCUT2D eigenvalue weighted by Crippen LogP contribution is 2.18. The highest BCUT2D eigenvalue weighted by Gasteiger charge is 2.17. The zero-order valence-corrected chi connectivity index (χ0v) is 11.3. The molecule has 6 nitrogen and oxygen atoms in total. The Labute approximate surface area is 102 Å². The lowest BCUT2D eigenvalue weighted by atomic mass is 10.1. The molecule has 0 saturated heterocycles. The Hall–Kier alpha value is -0.920. The number of hydrogen-bond acceptors (Lipinski definition) is 5. The number of rotatable bonds is 6. The molecular weight excluding hydrogens is 240 g/mol. The molecule has 0 radical (unpaired) electrons. The summed E-state index contributed by atoms with van der Waals surface area (Å²) in [5.74, 6) is 5.59. The Kier molecular flexibility index (Phi) is 4.67. The van der Waals surface area contributed by atoms with Gasteiger partial charge >= 0.3 is 0 Å². The normalized spacial score (nSPS) is 13.9. The maximum atomic E-state index is 11.2. The summed E-state index contributed by atoms with van der Waals surface area (Å²) in [5, 5.41) is 4.31. The van der Waals surface area contributed by atoms with E-state index in [1.165, 1.54) is 6.26 Å². The molecule has 0 aliphatic rings. The second-order valence-corrected chi connectivity index (χ2v) is 6.42. The van der Waals surface area contributed by atoms with Crippen molar-refractivity contribution in [1.29, 1.82) is 0 Å². The van der Waals surface area contributed by atoms with Gasteiger partial charge in [-0.3, -0.25) is 16.0 Å². The molecule has 0 spiro atoms. The van der Waals surface area contributed by atoms with Crippen LogP contribution in [0.2, 0.25) is 0 Å². The second kappa shape index (κ2) is 5.61. The molecule has 1 heterocycles. The average Bonchev–Trinajstić information content (AvgIpc) is 2.59. The van der Waals surface area contributed by atoms with E-state index in [0.717, 1.165) is 17.9 Å². The van der Waals surface area contributed by atoms with E-state index in [1.807, 2.05) is 24.6 Å². The molecule has 1 aromatic heterocycles. The molecule has 17 heavy (non-hydrogen) atoms. The van der Waals surface area contributed by atoms with Crippen LogP contribution in [0.1, 0.15) is 30.8 Å². The average molecular weight is 260 g/mol. The number of nitrogens with two attached hydrogens (primary N) is 1. The van der Waals surface area contributed by atoms with Crippen LogP contribution in [0.5, 0.6) is 0 Å². The fourth-order valence-electron chi connectivity index (χ4n) is 1.75. The molecule has 0 fully saturated rings. The van der Waals surface area contributed by atoms with Gasteiger partial charge in [-0.05, 0) is 26.3 Å². The molecule has 7 heteroatoms. The topological polar surface area (TPSA) is 90.0 Å². The Morgan fingerprint density at radius 1 is 1.59 bits per heavy atom. The lowest BCUT2D eigenvalue weighted by molar-refractivity contribution is 0.479. The largest absolute Gasteiger partial charge is 0.271 e. The van der Waals surface area contributed by atoms with Gasteiger partial charge in [-0.15, -0.1) is 0 Å². The van der Waals surface area contributed by atoms with Crippen LogP contribution in [0.15, 0.2) is 6.07 Å². The smallest absolute Gasteiger partial charge is 0.147 e. The molecule has 1 rings (SSSR count). The zero-order valence-electron chi connectivity index (χ0n) is 10.5. The van der Waals surface area contributed by atoms with Gasteiger partial charge in [0.15, 0.2) is 0 Å². The summed E-state index contributed by atoms with van der Waals surface area (Å²) >= 11 is 0. The first-order chi connectivity index (χ1) is 7.87. The highest BCUT2D eigenvalue weighted by atomic mass is 32.2. The summed E-state index contributed by atoms with van der Waals surface area (Å²) < 4.78 is 24.1. The SMILES string of the molecule is CCn1nc(C)cc1C(CCS(C)(=O)=O)NN. The Balaban J connectivity index is 2.85. The van der Waals surface area contributed by atoms with Crippen molar-refractivity contribution in [2.24, 2.45) is 5.84 Å². The standard InChI is InChI=1S/C10H20N4O2S/c1-4-14-10(7-8(2)13-14)9(12-11)5-6-17(3,15)16/h7,9,12H,4-6,11H2,1-3H3. The van der Waals surface area contributed by atoms with Gasteiger partial charge in [0, 0.05) is 12.8 Å². The van der Waals surface area contributed by atoms with Gasteiger partial charge in [-0.25, -0.2) is 8.42 Å². The lowest BCUT2D eigenvalue weighted by Gasteiger charge is -2.16. The number of hydrogen-bond donors (Lipinski definition) is 2. The monoisotopic (exact) mass is 260 g/mol. The van der Waals surface area contributed by atoms with Crippen molar-refractivity contribution in [2.75, 3.05) is 12.0 Å². The molecule has 98 valence electrons. The third-order valence-electron chi connectivity index (χ3n) is 2.57. The van der Waals surface area contributed by atoms with Crippen LogP contribution in [0.3, 0.4) is 0 Å². The first kappa shape index (κ1) is 14.1. The van der Waals surface area contributed by atoms with Crippen molar-refractivity contribution in [3.8, 4) is 0 Å². The molecule has 1 unspecified atom stereocenters. The summed E-state index contributed by atoms with van der Waals surface area (Å²) in [5.41, 5.74) is 4.48. The van der Waals surface area contributed by atoms with Crippen molar-refractivity contribution in [3.63, 3.8) is 0 Å². The molecule has 0 aliphatic carbocycles. The highest BCUT2D eigenvalue weighted by molar-refractivity contribution is 7.90. The van der Waals surface area contributed by atoms with Crippen LogP contribution in [-0.2, 0) is 16.4 Å². The lowest BCUT2D eigenvalue weighted by Crippen LogP contribution is -2.31. The van der Waals surface area contributed by atoms with E-state index in [1.54, 1.807) is 0 Å². The van der Waals surface area contributed by atoms with E-state index in [9.17, 15) is 8.42 Å². The van der Waals surface area contributed by atoms with Crippen molar-refractivity contribution in [3.05, 3.63) is 17.5 Å².